The Morgan fingerprint density at radius 1 is 1.67 bits per heavy atom. The highest BCUT2D eigenvalue weighted by Gasteiger charge is 2.19. The van der Waals surface area contributed by atoms with Gasteiger partial charge in [0.25, 0.3) is 0 Å². The van der Waals surface area contributed by atoms with Gasteiger partial charge >= 0.3 is 0 Å². The fraction of sp³-hybridized carbons (Fsp3) is 0.667. The van der Waals surface area contributed by atoms with E-state index in [9.17, 15) is 4.79 Å². The van der Waals surface area contributed by atoms with E-state index in [1.165, 1.54) is 6.33 Å². The molecular weight excluding hydrogens is 196 g/mol. The summed E-state index contributed by atoms with van der Waals surface area (Å²) in [7, 11) is 0. The molecule has 2 heterocycles. The van der Waals surface area contributed by atoms with Crippen LogP contribution in [0.5, 0.6) is 0 Å². The first kappa shape index (κ1) is 10.1. The maximum Gasteiger partial charge on any atom is 0.228 e. The summed E-state index contributed by atoms with van der Waals surface area (Å²) >= 11 is 0. The average molecular weight is 210 g/mol. The van der Waals surface area contributed by atoms with Gasteiger partial charge in [0.1, 0.15) is 0 Å². The van der Waals surface area contributed by atoms with E-state index >= 15 is 0 Å². The molecule has 0 spiro atoms. The largest absolute Gasteiger partial charge is 0.356 e. The van der Waals surface area contributed by atoms with Crippen molar-refractivity contribution >= 4 is 5.91 Å². The van der Waals surface area contributed by atoms with Crippen molar-refractivity contribution in [3.63, 3.8) is 0 Å². The van der Waals surface area contributed by atoms with Gasteiger partial charge in [0.2, 0.25) is 11.8 Å². The zero-order valence-electron chi connectivity index (χ0n) is 8.40. The number of hydrogen-bond donors (Lipinski definition) is 2. The Morgan fingerprint density at radius 2 is 2.53 bits per heavy atom. The maximum absolute atomic E-state index is 11.4. The Bertz CT molecular complexity index is 308. The van der Waals surface area contributed by atoms with Crippen molar-refractivity contribution in [1.82, 2.24) is 20.8 Å². The molecule has 1 saturated heterocycles. The van der Waals surface area contributed by atoms with Crippen molar-refractivity contribution in [2.75, 3.05) is 19.6 Å². The van der Waals surface area contributed by atoms with Crippen LogP contribution in [0, 0.1) is 5.92 Å². The predicted molar refractivity (Wildman–Crippen MR) is 52.0 cm³/mol. The number of aromatic nitrogens is 2. The van der Waals surface area contributed by atoms with Crippen LogP contribution < -0.4 is 10.6 Å². The van der Waals surface area contributed by atoms with Gasteiger partial charge in [-0.3, -0.25) is 4.79 Å². The highest BCUT2D eigenvalue weighted by Crippen LogP contribution is 2.07. The first-order valence-corrected chi connectivity index (χ1v) is 5.07. The minimum absolute atomic E-state index is 0.0982. The molecule has 1 amide bonds. The zero-order chi connectivity index (χ0) is 10.5. The Balaban J connectivity index is 1.58. The number of carbonyl (C=O) groups is 1. The fourth-order valence-corrected chi connectivity index (χ4v) is 1.44. The summed E-state index contributed by atoms with van der Waals surface area (Å²) in [6.45, 7) is 2.47. The summed E-state index contributed by atoms with van der Waals surface area (Å²) in [6, 6.07) is 0. The molecule has 1 fully saturated rings. The summed E-state index contributed by atoms with van der Waals surface area (Å²) in [6.07, 6.45) is 2.56. The van der Waals surface area contributed by atoms with Gasteiger partial charge in [-0.25, -0.2) is 0 Å². The Morgan fingerprint density at radius 3 is 3.13 bits per heavy atom. The molecule has 2 N–H and O–H groups in total. The van der Waals surface area contributed by atoms with E-state index in [1.807, 2.05) is 0 Å². The van der Waals surface area contributed by atoms with Gasteiger partial charge in [-0.1, -0.05) is 5.16 Å². The molecule has 15 heavy (non-hydrogen) atoms. The molecule has 0 aromatic carbocycles. The van der Waals surface area contributed by atoms with E-state index in [-0.39, 0.29) is 5.91 Å². The molecular formula is C9H14N4O2. The Kier molecular flexibility index (Phi) is 3.29. The first-order chi connectivity index (χ1) is 7.34. The molecule has 0 radical (unpaired) electrons. The van der Waals surface area contributed by atoms with Gasteiger partial charge in [-0.2, -0.15) is 4.98 Å². The van der Waals surface area contributed by atoms with Gasteiger partial charge in [0, 0.05) is 19.4 Å². The molecule has 2 rings (SSSR count). The number of nitrogens with one attached hydrogen (secondary N) is 2. The molecule has 1 aromatic heterocycles. The second-order valence-electron chi connectivity index (χ2n) is 3.66. The van der Waals surface area contributed by atoms with Crippen molar-refractivity contribution in [1.29, 1.82) is 0 Å². The summed E-state index contributed by atoms with van der Waals surface area (Å²) in [5, 5.41) is 9.44. The lowest BCUT2D eigenvalue weighted by atomic mass is 9.99. The van der Waals surface area contributed by atoms with Crippen LogP contribution in [0.1, 0.15) is 12.3 Å². The van der Waals surface area contributed by atoms with Crippen molar-refractivity contribution in [2.45, 2.75) is 12.8 Å². The van der Waals surface area contributed by atoms with Crippen molar-refractivity contribution in [3.05, 3.63) is 12.2 Å². The standard InChI is InChI=1S/C9H14N4O2/c14-8(3-7-4-10-5-7)11-2-1-9-12-6-13-15-9/h6-7,10H,1-5H2,(H,11,14). The van der Waals surface area contributed by atoms with Gasteiger partial charge in [-0.05, 0) is 19.0 Å². The molecule has 6 nitrogen and oxygen atoms in total. The van der Waals surface area contributed by atoms with E-state index in [4.69, 9.17) is 4.52 Å². The SMILES string of the molecule is O=C(CC1CNC1)NCCc1ncno1. The van der Waals surface area contributed by atoms with E-state index < -0.39 is 0 Å². The lowest BCUT2D eigenvalue weighted by molar-refractivity contribution is -0.122. The molecule has 0 saturated carbocycles. The lowest BCUT2D eigenvalue weighted by Crippen LogP contribution is -2.44. The van der Waals surface area contributed by atoms with Gasteiger partial charge < -0.3 is 15.2 Å². The summed E-state index contributed by atoms with van der Waals surface area (Å²) in [4.78, 5) is 15.2. The number of amides is 1. The van der Waals surface area contributed by atoms with Crippen LogP contribution in [0.4, 0.5) is 0 Å². The number of carbonyl (C=O) groups excluding carboxylic acids is 1. The van der Waals surface area contributed by atoms with Crippen LogP contribution in [-0.2, 0) is 11.2 Å². The quantitative estimate of drug-likeness (QED) is 0.674. The minimum Gasteiger partial charge on any atom is -0.356 e. The van der Waals surface area contributed by atoms with Crippen molar-refractivity contribution in [3.8, 4) is 0 Å². The summed E-state index contributed by atoms with van der Waals surface area (Å²) in [5.74, 6) is 1.16. The maximum atomic E-state index is 11.4. The third-order valence-electron chi connectivity index (χ3n) is 2.41. The number of nitrogens with zero attached hydrogens (tertiary/aromatic N) is 2. The van der Waals surface area contributed by atoms with Crippen LogP contribution in [-0.4, -0.2) is 35.7 Å². The highest BCUT2D eigenvalue weighted by molar-refractivity contribution is 5.76. The molecule has 0 atom stereocenters. The van der Waals surface area contributed by atoms with Crippen LogP contribution in [0.25, 0.3) is 0 Å². The third-order valence-corrected chi connectivity index (χ3v) is 2.41. The second kappa shape index (κ2) is 4.88. The molecule has 6 heteroatoms. The summed E-state index contributed by atoms with van der Waals surface area (Å²) in [5.41, 5.74) is 0. The van der Waals surface area contributed by atoms with Gasteiger partial charge in [0.05, 0.1) is 0 Å². The minimum atomic E-state index is 0.0982. The van der Waals surface area contributed by atoms with Crippen LogP contribution in [0.3, 0.4) is 0 Å². The number of rotatable bonds is 5. The molecule has 1 aliphatic heterocycles. The van der Waals surface area contributed by atoms with E-state index in [2.05, 4.69) is 20.8 Å². The van der Waals surface area contributed by atoms with Crippen molar-refractivity contribution in [2.24, 2.45) is 5.92 Å². The van der Waals surface area contributed by atoms with Crippen molar-refractivity contribution < 1.29 is 9.32 Å². The molecule has 1 aromatic rings. The first-order valence-electron chi connectivity index (χ1n) is 5.07. The number of hydrogen-bond acceptors (Lipinski definition) is 5. The molecule has 0 unspecified atom stereocenters. The van der Waals surface area contributed by atoms with Crippen LogP contribution in [0.2, 0.25) is 0 Å². The second-order valence-corrected chi connectivity index (χ2v) is 3.66. The molecule has 0 bridgehead atoms. The monoisotopic (exact) mass is 210 g/mol. The van der Waals surface area contributed by atoms with E-state index in [0.29, 0.717) is 31.2 Å². The molecule has 0 aliphatic carbocycles. The van der Waals surface area contributed by atoms with E-state index in [1.54, 1.807) is 0 Å². The normalized spacial score (nSPS) is 16.0. The predicted octanol–water partition coefficient (Wildman–Crippen LogP) is -0.662. The average Bonchev–Trinajstić information content (AvgIpc) is 2.64. The molecule has 1 aliphatic rings. The topological polar surface area (TPSA) is 80.0 Å². The highest BCUT2D eigenvalue weighted by atomic mass is 16.5. The lowest BCUT2D eigenvalue weighted by Gasteiger charge is -2.26. The summed E-state index contributed by atoms with van der Waals surface area (Å²) < 4.78 is 4.81. The Hall–Kier alpha value is -1.43. The third kappa shape index (κ3) is 3.02. The smallest absolute Gasteiger partial charge is 0.228 e. The zero-order valence-corrected chi connectivity index (χ0v) is 8.40. The molecule has 82 valence electrons. The fourth-order valence-electron chi connectivity index (χ4n) is 1.44. The van der Waals surface area contributed by atoms with Gasteiger partial charge in [0.15, 0.2) is 6.33 Å². The Labute approximate surface area is 87.4 Å². The van der Waals surface area contributed by atoms with E-state index in [0.717, 1.165) is 13.1 Å². The van der Waals surface area contributed by atoms with Crippen LogP contribution >= 0.6 is 0 Å². The van der Waals surface area contributed by atoms with Crippen LogP contribution in [0.15, 0.2) is 10.9 Å². The van der Waals surface area contributed by atoms with Gasteiger partial charge in [-0.15, -0.1) is 0 Å².